The van der Waals surface area contributed by atoms with Crippen molar-refractivity contribution in [3.05, 3.63) is 60.7 Å². The first-order chi connectivity index (χ1) is 8.86. The van der Waals surface area contributed by atoms with Crippen molar-refractivity contribution in [2.75, 3.05) is 0 Å². The molecule has 0 amide bonds. The second kappa shape index (κ2) is 3.53. The predicted octanol–water partition coefficient (Wildman–Crippen LogP) is 4.64. The molecular weight excluding hydrogens is 238 g/mol. The van der Waals surface area contributed by atoms with Crippen LogP contribution in [-0.2, 0) is 0 Å². The fourth-order valence-electron chi connectivity index (χ4n) is 2.71. The molecule has 4 aromatic rings. The van der Waals surface area contributed by atoms with Crippen molar-refractivity contribution in [2.24, 2.45) is 0 Å². The lowest BCUT2D eigenvalue weighted by Gasteiger charge is -2.01. The zero-order chi connectivity index (χ0) is 12.1. The van der Waals surface area contributed by atoms with E-state index in [9.17, 15) is 0 Å². The van der Waals surface area contributed by atoms with E-state index >= 15 is 0 Å². The zero-order valence-electron chi connectivity index (χ0n) is 9.67. The van der Waals surface area contributed by atoms with Gasteiger partial charge in [0.25, 0.3) is 0 Å². The highest BCUT2D eigenvalue weighted by molar-refractivity contribution is 7.79. The topological polar surface area (TPSA) is 4.93 Å². The summed E-state index contributed by atoms with van der Waals surface area (Å²) in [4.78, 5) is 0. The fraction of sp³-hybridized carbons (Fsp3) is 0. The van der Waals surface area contributed by atoms with E-state index in [1.165, 1.54) is 27.1 Å². The largest absolute Gasteiger partial charge is 0.285 e. The SMILES string of the molecule is Sn1c2ccccc2c2ccc3ccccc3c21. The minimum atomic E-state index is 1.16. The molecule has 0 atom stereocenters. The highest BCUT2D eigenvalue weighted by Crippen LogP contribution is 2.34. The van der Waals surface area contributed by atoms with Crippen LogP contribution in [0.15, 0.2) is 60.7 Å². The van der Waals surface area contributed by atoms with Gasteiger partial charge in [0.05, 0.1) is 11.0 Å². The van der Waals surface area contributed by atoms with E-state index in [1.54, 1.807) is 0 Å². The van der Waals surface area contributed by atoms with Gasteiger partial charge in [0, 0.05) is 16.2 Å². The van der Waals surface area contributed by atoms with E-state index in [1.807, 2.05) is 3.97 Å². The van der Waals surface area contributed by atoms with Crippen molar-refractivity contribution in [3.63, 3.8) is 0 Å². The van der Waals surface area contributed by atoms with Crippen LogP contribution in [0.3, 0.4) is 0 Å². The Morgan fingerprint density at radius 2 is 1.39 bits per heavy atom. The Morgan fingerprint density at radius 1 is 0.667 bits per heavy atom. The molecule has 0 saturated heterocycles. The van der Waals surface area contributed by atoms with Crippen LogP contribution >= 0.6 is 12.8 Å². The molecule has 3 aromatic carbocycles. The first-order valence-electron chi connectivity index (χ1n) is 5.96. The van der Waals surface area contributed by atoms with Gasteiger partial charge >= 0.3 is 0 Å². The monoisotopic (exact) mass is 249 g/mol. The summed E-state index contributed by atoms with van der Waals surface area (Å²) in [6, 6.07) is 21.2. The molecule has 0 saturated carbocycles. The average molecular weight is 249 g/mol. The number of fused-ring (bicyclic) bond motifs is 5. The van der Waals surface area contributed by atoms with Gasteiger partial charge in [0.2, 0.25) is 0 Å². The van der Waals surface area contributed by atoms with Crippen LogP contribution in [0, 0.1) is 0 Å². The molecule has 18 heavy (non-hydrogen) atoms. The van der Waals surface area contributed by atoms with Crippen molar-refractivity contribution in [1.29, 1.82) is 0 Å². The Bertz CT molecular complexity index is 889. The quantitative estimate of drug-likeness (QED) is 0.433. The molecular formula is C16H11NS. The number of thiol groups is 1. The standard InChI is InChI=1S/C16H11NS/c18-17-15-8-4-3-7-13(15)14-10-9-11-5-1-2-6-12(11)16(14)17/h1-10,18H. The van der Waals surface area contributed by atoms with E-state index < -0.39 is 0 Å². The summed E-state index contributed by atoms with van der Waals surface area (Å²) in [5, 5.41) is 5.02. The van der Waals surface area contributed by atoms with Gasteiger partial charge < -0.3 is 0 Å². The van der Waals surface area contributed by atoms with E-state index in [0.717, 1.165) is 5.52 Å². The summed E-state index contributed by atoms with van der Waals surface area (Å²) in [5.41, 5.74) is 2.35. The van der Waals surface area contributed by atoms with Gasteiger partial charge in [-0.3, -0.25) is 3.97 Å². The molecule has 4 rings (SSSR count). The first kappa shape index (κ1) is 10.0. The Morgan fingerprint density at radius 3 is 2.28 bits per heavy atom. The van der Waals surface area contributed by atoms with Gasteiger partial charge in [0.15, 0.2) is 0 Å². The van der Waals surface area contributed by atoms with Gasteiger partial charge in [-0.05, 0) is 11.5 Å². The number of nitrogens with zero attached hydrogens (tertiary/aromatic N) is 1. The van der Waals surface area contributed by atoms with Crippen LogP contribution in [0.5, 0.6) is 0 Å². The number of benzene rings is 3. The zero-order valence-corrected chi connectivity index (χ0v) is 10.6. The van der Waals surface area contributed by atoms with Gasteiger partial charge in [-0.1, -0.05) is 67.4 Å². The van der Waals surface area contributed by atoms with Crippen LogP contribution in [0.4, 0.5) is 0 Å². The Hall–Kier alpha value is -1.93. The first-order valence-corrected chi connectivity index (χ1v) is 6.36. The summed E-state index contributed by atoms with van der Waals surface area (Å²) < 4.78 is 1.99. The molecule has 2 heteroatoms. The summed E-state index contributed by atoms with van der Waals surface area (Å²) in [6.45, 7) is 0. The molecule has 0 bridgehead atoms. The molecule has 0 aliphatic rings. The second-order valence-electron chi connectivity index (χ2n) is 4.51. The number of aromatic nitrogens is 1. The van der Waals surface area contributed by atoms with Gasteiger partial charge in [-0.25, -0.2) is 0 Å². The van der Waals surface area contributed by atoms with Gasteiger partial charge in [0.1, 0.15) is 0 Å². The third-order valence-electron chi connectivity index (χ3n) is 3.53. The molecule has 0 aliphatic carbocycles. The second-order valence-corrected chi connectivity index (χ2v) is 4.91. The third kappa shape index (κ3) is 1.18. The Kier molecular flexibility index (Phi) is 1.97. The Labute approximate surface area is 110 Å². The highest BCUT2D eigenvalue weighted by atomic mass is 32.1. The van der Waals surface area contributed by atoms with Crippen LogP contribution in [0.25, 0.3) is 32.6 Å². The van der Waals surface area contributed by atoms with Crippen LogP contribution < -0.4 is 0 Å². The van der Waals surface area contributed by atoms with E-state index in [2.05, 4.69) is 73.5 Å². The third-order valence-corrected chi connectivity index (χ3v) is 3.95. The molecule has 0 N–H and O–H groups in total. The summed E-state index contributed by atoms with van der Waals surface area (Å²) in [5.74, 6) is 0. The van der Waals surface area contributed by atoms with Crippen molar-refractivity contribution in [3.8, 4) is 0 Å². The van der Waals surface area contributed by atoms with E-state index in [-0.39, 0.29) is 0 Å². The van der Waals surface area contributed by atoms with Crippen molar-refractivity contribution in [2.45, 2.75) is 0 Å². The fourth-order valence-corrected chi connectivity index (χ4v) is 3.10. The predicted molar refractivity (Wildman–Crippen MR) is 81.3 cm³/mol. The lowest BCUT2D eigenvalue weighted by molar-refractivity contribution is 1.45. The molecule has 1 heterocycles. The summed E-state index contributed by atoms with van der Waals surface area (Å²) in [7, 11) is 0. The maximum Gasteiger partial charge on any atom is 0.0680 e. The molecule has 0 radical (unpaired) electrons. The highest BCUT2D eigenvalue weighted by Gasteiger charge is 2.10. The van der Waals surface area contributed by atoms with Crippen molar-refractivity contribution < 1.29 is 0 Å². The molecule has 0 unspecified atom stereocenters. The molecule has 1 nitrogen and oxygen atoms in total. The van der Waals surface area contributed by atoms with Crippen LogP contribution in [-0.4, -0.2) is 3.97 Å². The lowest BCUT2D eigenvalue weighted by atomic mass is 10.1. The maximum absolute atomic E-state index is 4.66. The summed E-state index contributed by atoms with van der Waals surface area (Å²) >= 11 is 4.66. The van der Waals surface area contributed by atoms with Crippen molar-refractivity contribution >= 4 is 45.4 Å². The minimum Gasteiger partial charge on any atom is -0.285 e. The number of rotatable bonds is 0. The number of hydrogen-bond donors (Lipinski definition) is 1. The minimum absolute atomic E-state index is 1.16. The van der Waals surface area contributed by atoms with Gasteiger partial charge in [-0.15, -0.1) is 0 Å². The lowest BCUT2D eigenvalue weighted by Crippen LogP contribution is -1.81. The van der Waals surface area contributed by atoms with Crippen molar-refractivity contribution in [1.82, 2.24) is 3.97 Å². The number of para-hydroxylation sites is 1. The molecule has 0 aliphatic heterocycles. The summed E-state index contributed by atoms with van der Waals surface area (Å²) in [6.07, 6.45) is 0. The normalized spacial score (nSPS) is 11.6. The van der Waals surface area contributed by atoms with E-state index in [4.69, 9.17) is 0 Å². The molecule has 86 valence electrons. The Balaban J connectivity index is 2.39. The smallest absolute Gasteiger partial charge is 0.0680 e. The average Bonchev–Trinajstić information content (AvgIpc) is 2.73. The molecule has 0 fully saturated rings. The maximum atomic E-state index is 4.66. The molecule has 1 aromatic heterocycles. The number of hydrogen-bond acceptors (Lipinski definition) is 1. The van der Waals surface area contributed by atoms with E-state index in [0.29, 0.717) is 0 Å². The van der Waals surface area contributed by atoms with Crippen LogP contribution in [0.1, 0.15) is 0 Å². The van der Waals surface area contributed by atoms with Crippen LogP contribution in [0.2, 0.25) is 0 Å². The molecule has 0 spiro atoms. The van der Waals surface area contributed by atoms with Gasteiger partial charge in [-0.2, -0.15) is 0 Å².